The Morgan fingerprint density at radius 2 is 1.43 bits per heavy atom. The molecule has 2 heterocycles. The Morgan fingerprint density at radius 1 is 0.865 bits per heavy atom. The van der Waals surface area contributed by atoms with Gasteiger partial charge in [0, 0.05) is 22.5 Å². The molecule has 4 aromatic rings. The number of nitrogens with zero attached hydrogens (tertiary/aromatic N) is 2. The Kier molecular flexibility index (Phi) is 10.3. The molecule has 0 spiro atoms. The second-order valence-electron chi connectivity index (χ2n) is 9.08. The lowest BCUT2D eigenvalue weighted by Crippen LogP contribution is -2.42. The molecule has 1 aliphatic heterocycles. The minimum Gasteiger partial charge on any atom is -0.350 e. The summed E-state index contributed by atoms with van der Waals surface area (Å²) in [6.07, 6.45) is 5.73. The average Bonchev–Trinajstić information content (AvgIpc) is 3.63. The van der Waals surface area contributed by atoms with Gasteiger partial charge in [0.2, 0.25) is 6.71 Å². The zero-order valence-electron chi connectivity index (χ0n) is 21.4. The van der Waals surface area contributed by atoms with Crippen LogP contribution >= 0.6 is 23.2 Å². The highest BCUT2D eigenvalue weighted by Crippen LogP contribution is 2.24. The van der Waals surface area contributed by atoms with Crippen molar-refractivity contribution < 1.29 is 9.47 Å². The van der Waals surface area contributed by atoms with Crippen LogP contribution in [0.3, 0.4) is 0 Å². The van der Waals surface area contributed by atoms with E-state index in [1.165, 1.54) is 5.56 Å². The molecule has 3 aromatic carbocycles. The number of hydrogen-bond acceptors (Lipinski definition) is 3. The third kappa shape index (κ3) is 7.05. The summed E-state index contributed by atoms with van der Waals surface area (Å²) in [6.45, 7) is 6.86. The van der Waals surface area contributed by atoms with Gasteiger partial charge in [-0.05, 0) is 24.1 Å². The van der Waals surface area contributed by atoms with Crippen molar-refractivity contribution in [2.45, 2.75) is 39.4 Å². The van der Waals surface area contributed by atoms with Crippen LogP contribution in [0.2, 0.25) is 16.4 Å². The molecule has 0 N–H and O–H groups in total. The summed E-state index contributed by atoms with van der Waals surface area (Å²) < 4.78 is 13.5. The van der Waals surface area contributed by atoms with Crippen molar-refractivity contribution in [1.29, 1.82) is 0 Å². The van der Waals surface area contributed by atoms with Gasteiger partial charge >= 0.3 is 0 Å². The largest absolute Gasteiger partial charge is 0.350 e. The summed E-state index contributed by atoms with van der Waals surface area (Å²) in [7, 11) is 0. The highest BCUT2D eigenvalue weighted by molar-refractivity contribution is 6.88. The van der Waals surface area contributed by atoms with Crippen LogP contribution in [0.15, 0.2) is 91.4 Å². The van der Waals surface area contributed by atoms with E-state index in [-0.39, 0.29) is 13.0 Å². The molecule has 1 atom stereocenters. The third-order valence-corrected chi connectivity index (χ3v) is 7.43. The number of rotatable bonds is 8. The Morgan fingerprint density at radius 3 is 1.97 bits per heavy atom. The van der Waals surface area contributed by atoms with Gasteiger partial charge in [-0.15, -0.1) is 0 Å². The Balaban J connectivity index is 0.000000176. The van der Waals surface area contributed by atoms with E-state index in [0.29, 0.717) is 19.1 Å². The zero-order valence-corrected chi connectivity index (χ0v) is 22.9. The Labute approximate surface area is 230 Å². The quantitative estimate of drug-likeness (QED) is 0.240. The van der Waals surface area contributed by atoms with E-state index in [2.05, 4.69) is 47.7 Å². The Bertz CT molecular complexity index is 1200. The molecule has 1 fully saturated rings. The maximum atomic E-state index is 6.26. The van der Waals surface area contributed by atoms with Crippen molar-refractivity contribution in [1.82, 2.24) is 9.55 Å². The van der Waals surface area contributed by atoms with Crippen LogP contribution in [0.4, 0.5) is 0 Å². The first-order valence-corrected chi connectivity index (χ1v) is 13.7. The van der Waals surface area contributed by atoms with E-state index in [0.717, 1.165) is 46.0 Å². The zero-order chi connectivity index (χ0) is 26.0. The van der Waals surface area contributed by atoms with Crippen molar-refractivity contribution in [2.24, 2.45) is 5.92 Å². The predicted octanol–water partition coefficient (Wildman–Crippen LogP) is 6.57. The normalized spacial score (nSPS) is 14.2. The molecule has 0 bridgehead atoms. The molecular formula is C30H33BCl2N2O2. The number of imidazole rings is 1. The van der Waals surface area contributed by atoms with Gasteiger partial charge < -0.3 is 14.0 Å². The van der Waals surface area contributed by atoms with Crippen LogP contribution < -0.4 is 10.9 Å². The standard InChI is InChI=1S/C16H20N2O2.C14H13BCl2/c1-2-13(16-19-8-9-20-16)11-18-12-17-10-15(18)14-6-4-3-5-7-14;1-2-15(11-7-3-5-9-13(11)16)12-8-4-6-10-14(12)17/h3-7,10,12-13,16H,2,8-9,11H2,1H3;3-10H,2H2,1H3. The molecule has 0 saturated carbocycles. The van der Waals surface area contributed by atoms with Crippen LogP contribution in [-0.4, -0.2) is 35.8 Å². The molecule has 1 saturated heterocycles. The summed E-state index contributed by atoms with van der Waals surface area (Å²) >= 11 is 12.5. The third-order valence-electron chi connectivity index (χ3n) is 6.74. The summed E-state index contributed by atoms with van der Waals surface area (Å²) in [5.41, 5.74) is 4.62. The first kappa shape index (κ1) is 27.5. The molecule has 0 aliphatic carbocycles. The van der Waals surface area contributed by atoms with Crippen LogP contribution in [-0.2, 0) is 16.0 Å². The minimum absolute atomic E-state index is 0.0778. The van der Waals surface area contributed by atoms with E-state index in [1.807, 2.05) is 67.1 Å². The van der Waals surface area contributed by atoms with E-state index in [9.17, 15) is 0 Å². The summed E-state index contributed by atoms with van der Waals surface area (Å²) in [6, 6.07) is 26.3. The molecule has 1 aromatic heterocycles. The van der Waals surface area contributed by atoms with Crippen molar-refractivity contribution in [3.63, 3.8) is 0 Å². The molecular weight excluding hydrogens is 502 g/mol. The maximum absolute atomic E-state index is 6.26. The molecule has 1 aliphatic rings. The van der Waals surface area contributed by atoms with E-state index in [4.69, 9.17) is 32.7 Å². The van der Waals surface area contributed by atoms with Crippen molar-refractivity contribution in [3.05, 3.63) is 101 Å². The van der Waals surface area contributed by atoms with Crippen LogP contribution in [0.25, 0.3) is 11.3 Å². The number of aromatic nitrogens is 2. The highest BCUT2D eigenvalue weighted by Gasteiger charge is 2.26. The molecule has 5 rings (SSSR count). The first-order chi connectivity index (χ1) is 18.1. The molecule has 7 heteroatoms. The van der Waals surface area contributed by atoms with Crippen LogP contribution in [0, 0.1) is 5.92 Å². The highest BCUT2D eigenvalue weighted by atomic mass is 35.5. The van der Waals surface area contributed by atoms with Gasteiger partial charge in [-0.3, -0.25) is 0 Å². The molecule has 37 heavy (non-hydrogen) atoms. The number of ether oxygens (including phenoxy) is 2. The van der Waals surface area contributed by atoms with Gasteiger partial charge in [-0.2, -0.15) is 0 Å². The first-order valence-electron chi connectivity index (χ1n) is 12.9. The average molecular weight is 535 g/mol. The van der Waals surface area contributed by atoms with E-state index < -0.39 is 0 Å². The lowest BCUT2D eigenvalue weighted by molar-refractivity contribution is -0.0883. The fourth-order valence-electron chi connectivity index (χ4n) is 4.75. The number of hydrogen-bond donors (Lipinski definition) is 0. The lowest BCUT2D eigenvalue weighted by Gasteiger charge is -2.22. The second-order valence-corrected chi connectivity index (χ2v) is 9.89. The monoisotopic (exact) mass is 534 g/mol. The van der Waals surface area contributed by atoms with Crippen LogP contribution in [0.5, 0.6) is 0 Å². The van der Waals surface area contributed by atoms with Gasteiger partial charge in [0.15, 0.2) is 6.29 Å². The van der Waals surface area contributed by atoms with E-state index >= 15 is 0 Å². The van der Waals surface area contributed by atoms with Crippen molar-refractivity contribution in [3.8, 4) is 11.3 Å². The molecule has 4 nitrogen and oxygen atoms in total. The molecule has 0 amide bonds. The van der Waals surface area contributed by atoms with Crippen LogP contribution in [0.1, 0.15) is 20.3 Å². The topological polar surface area (TPSA) is 36.3 Å². The van der Waals surface area contributed by atoms with Gasteiger partial charge in [0.05, 0.1) is 31.4 Å². The van der Waals surface area contributed by atoms with E-state index in [1.54, 1.807) is 0 Å². The second kappa shape index (κ2) is 13.8. The fourth-order valence-corrected chi connectivity index (χ4v) is 5.28. The summed E-state index contributed by atoms with van der Waals surface area (Å²) in [4.78, 5) is 4.29. The Hall–Kier alpha value is -2.57. The lowest BCUT2D eigenvalue weighted by atomic mass is 9.39. The predicted molar refractivity (Wildman–Crippen MR) is 156 cm³/mol. The smallest absolute Gasteiger partial charge is 0.212 e. The maximum Gasteiger partial charge on any atom is 0.212 e. The number of halogens is 2. The summed E-state index contributed by atoms with van der Waals surface area (Å²) in [5, 5.41) is 1.61. The minimum atomic E-state index is -0.0778. The van der Waals surface area contributed by atoms with Crippen molar-refractivity contribution >= 4 is 40.8 Å². The van der Waals surface area contributed by atoms with Gasteiger partial charge in [0.1, 0.15) is 0 Å². The SMILES string of the molecule is CCB(c1ccccc1Cl)c1ccccc1Cl.CCC(Cn1cncc1-c1ccccc1)C1OCCO1. The molecule has 192 valence electrons. The summed E-state index contributed by atoms with van der Waals surface area (Å²) in [5.74, 6) is 0.356. The van der Waals surface area contributed by atoms with Gasteiger partial charge in [-0.25, -0.2) is 4.98 Å². The van der Waals surface area contributed by atoms with Crippen molar-refractivity contribution in [2.75, 3.05) is 13.2 Å². The molecule has 0 radical (unpaired) electrons. The van der Waals surface area contributed by atoms with Gasteiger partial charge in [0.25, 0.3) is 0 Å². The fraction of sp³-hybridized carbons (Fsp3) is 0.300. The van der Waals surface area contributed by atoms with Gasteiger partial charge in [-0.1, -0.05) is 121 Å². The number of benzene rings is 3. The molecule has 1 unspecified atom stereocenters.